The first kappa shape index (κ1) is 59.9. The Balaban J connectivity index is 4.18. The number of rotatable bonds is 49. The lowest BCUT2D eigenvalue weighted by atomic mass is 10.0. The second kappa shape index (κ2) is 46.9. The van der Waals surface area contributed by atoms with Crippen molar-refractivity contribution >= 4 is 13.7 Å². The van der Waals surface area contributed by atoms with Crippen molar-refractivity contribution in [1.82, 2.24) is 5.32 Å². The molecule has 0 rings (SSSR count). The zero-order valence-electron chi connectivity index (χ0n) is 40.0. The Morgan fingerprint density at radius 3 is 1.36 bits per heavy atom. The standard InChI is InChI=1S/C51H101N2O7P/c1-3-5-7-9-11-13-15-17-19-21-23-24-25-26-28-30-32-34-36-38-40-42-48(54)46-51(56)53-49(47-60-61(57,58)59-45-44-52)50(55)43-41-39-37-35-33-31-29-27-22-20-18-16-14-12-10-8-6-4-2/h33,35,41,43,48-50,54-55H,3-32,34,36-40,42,44-47,52H2,1-2H3,(H,53,56)(H,57,58)/b35-33+,43-41+. The molecule has 6 N–H and O–H groups in total. The monoisotopic (exact) mass is 885 g/mol. The largest absolute Gasteiger partial charge is 0.472 e. The fraction of sp³-hybridized carbons (Fsp3) is 0.902. The number of nitrogens with two attached hydrogens (primary N) is 1. The van der Waals surface area contributed by atoms with Gasteiger partial charge in [0.15, 0.2) is 0 Å². The van der Waals surface area contributed by atoms with Crippen molar-refractivity contribution in [3.8, 4) is 0 Å². The molecule has 9 nitrogen and oxygen atoms in total. The molecule has 0 aliphatic rings. The lowest BCUT2D eigenvalue weighted by Crippen LogP contribution is -2.46. The van der Waals surface area contributed by atoms with Crippen molar-refractivity contribution in [2.45, 2.75) is 276 Å². The quantitative estimate of drug-likeness (QED) is 0.0230. The van der Waals surface area contributed by atoms with Gasteiger partial charge >= 0.3 is 7.82 Å². The van der Waals surface area contributed by atoms with Crippen LogP contribution in [0, 0.1) is 0 Å². The number of unbranched alkanes of at least 4 members (excludes halogenated alkanes) is 33. The first-order valence-corrected chi connectivity index (χ1v) is 27.5. The van der Waals surface area contributed by atoms with Crippen LogP contribution in [0.4, 0.5) is 0 Å². The number of phosphoric ester groups is 1. The molecule has 0 heterocycles. The molecule has 0 spiro atoms. The molecule has 0 saturated carbocycles. The molecule has 0 radical (unpaired) electrons. The van der Waals surface area contributed by atoms with Crippen molar-refractivity contribution in [3.63, 3.8) is 0 Å². The predicted octanol–water partition coefficient (Wildman–Crippen LogP) is 14.3. The summed E-state index contributed by atoms with van der Waals surface area (Å²) >= 11 is 0. The highest BCUT2D eigenvalue weighted by Crippen LogP contribution is 2.43. The number of amides is 1. The van der Waals surface area contributed by atoms with E-state index in [0.717, 1.165) is 32.1 Å². The summed E-state index contributed by atoms with van der Waals surface area (Å²) < 4.78 is 22.2. The molecule has 1 amide bonds. The van der Waals surface area contributed by atoms with Gasteiger partial charge in [0.25, 0.3) is 0 Å². The maximum atomic E-state index is 12.9. The Morgan fingerprint density at radius 1 is 0.557 bits per heavy atom. The zero-order valence-corrected chi connectivity index (χ0v) is 40.9. The highest BCUT2D eigenvalue weighted by atomic mass is 31.2. The smallest absolute Gasteiger partial charge is 0.393 e. The molecule has 61 heavy (non-hydrogen) atoms. The highest BCUT2D eigenvalue weighted by molar-refractivity contribution is 7.47. The third-order valence-electron chi connectivity index (χ3n) is 11.8. The van der Waals surface area contributed by atoms with Crippen molar-refractivity contribution < 1.29 is 33.5 Å². The summed E-state index contributed by atoms with van der Waals surface area (Å²) in [4.78, 5) is 22.9. The zero-order chi connectivity index (χ0) is 44.8. The molecular weight excluding hydrogens is 784 g/mol. The molecule has 0 bridgehead atoms. The van der Waals surface area contributed by atoms with Crippen molar-refractivity contribution in [1.29, 1.82) is 0 Å². The average molecular weight is 885 g/mol. The van der Waals surface area contributed by atoms with Crippen LogP contribution >= 0.6 is 7.82 Å². The molecule has 10 heteroatoms. The van der Waals surface area contributed by atoms with Gasteiger partial charge in [-0.05, 0) is 32.1 Å². The van der Waals surface area contributed by atoms with Crippen LogP contribution in [0.5, 0.6) is 0 Å². The highest BCUT2D eigenvalue weighted by Gasteiger charge is 2.27. The topological polar surface area (TPSA) is 151 Å². The second-order valence-corrected chi connectivity index (χ2v) is 19.4. The first-order valence-electron chi connectivity index (χ1n) is 26.0. The van der Waals surface area contributed by atoms with Crippen LogP contribution in [0.15, 0.2) is 24.3 Å². The van der Waals surface area contributed by atoms with E-state index in [1.165, 1.54) is 193 Å². The Bertz CT molecular complexity index is 1030. The van der Waals surface area contributed by atoms with Gasteiger partial charge in [0.2, 0.25) is 5.91 Å². The summed E-state index contributed by atoms with van der Waals surface area (Å²) in [5.41, 5.74) is 5.38. The summed E-state index contributed by atoms with van der Waals surface area (Å²) in [5, 5.41) is 24.2. The number of carbonyl (C=O) groups is 1. The normalized spacial score (nSPS) is 14.5. The lowest BCUT2D eigenvalue weighted by Gasteiger charge is -2.24. The number of hydrogen-bond acceptors (Lipinski definition) is 7. The second-order valence-electron chi connectivity index (χ2n) is 17.9. The molecule has 4 unspecified atom stereocenters. The van der Waals surface area contributed by atoms with E-state index in [1.54, 1.807) is 6.08 Å². The van der Waals surface area contributed by atoms with Gasteiger partial charge in [-0.1, -0.05) is 244 Å². The molecule has 4 atom stereocenters. The third kappa shape index (κ3) is 45.3. The molecule has 0 aromatic heterocycles. The number of carbonyl (C=O) groups excluding carboxylic acids is 1. The van der Waals surface area contributed by atoms with Gasteiger partial charge < -0.3 is 26.2 Å². The molecule has 362 valence electrons. The Hall–Kier alpha value is -1.06. The number of allylic oxidation sites excluding steroid dienone is 3. The Labute approximate surface area is 377 Å². The van der Waals surface area contributed by atoms with Crippen LogP contribution in [0.3, 0.4) is 0 Å². The number of hydrogen-bond donors (Lipinski definition) is 5. The molecular formula is C51H101N2O7P. The Kier molecular flexibility index (Phi) is 46.1. The van der Waals surface area contributed by atoms with Gasteiger partial charge in [0.05, 0.1) is 37.9 Å². The molecule has 0 fully saturated rings. The van der Waals surface area contributed by atoms with Crippen LogP contribution in [-0.4, -0.2) is 59.0 Å². The summed E-state index contributed by atoms with van der Waals surface area (Å²) in [5.74, 6) is -0.451. The third-order valence-corrected chi connectivity index (χ3v) is 12.8. The van der Waals surface area contributed by atoms with Gasteiger partial charge in [-0.3, -0.25) is 13.8 Å². The van der Waals surface area contributed by atoms with E-state index in [0.29, 0.717) is 12.8 Å². The van der Waals surface area contributed by atoms with Gasteiger partial charge in [-0.15, -0.1) is 0 Å². The van der Waals surface area contributed by atoms with Crippen LogP contribution in [0.25, 0.3) is 0 Å². The van der Waals surface area contributed by atoms with Gasteiger partial charge in [-0.2, -0.15) is 0 Å². The van der Waals surface area contributed by atoms with E-state index >= 15 is 0 Å². The predicted molar refractivity (Wildman–Crippen MR) is 260 cm³/mol. The van der Waals surface area contributed by atoms with Crippen LogP contribution in [0.2, 0.25) is 0 Å². The van der Waals surface area contributed by atoms with E-state index < -0.39 is 38.6 Å². The van der Waals surface area contributed by atoms with E-state index in [-0.39, 0.29) is 19.6 Å². The fourth-order valence-electron chi connectivity index (χ4n) is 7.90. The van der Waals surface area contributed by atoms with E-state index in [1.807, 2.05) is 6.08 Å². The van der Waals surface area contributed by atoms with E-state index in [2.05, 4.69) is 31.3 Å². The van der Waals surface area contributed by atoms with E-state index in [4.69, 9.17) is 14.8 Å². The van der Waals surface area contributed by atoms with Gasteiger partial charge in [0, 0.05) is 6.54 Å². The van der Waals surface area contributed by atoms with Crippen molar-refractivity contribution in [3.05, 3.63) is 24.3 Å². The SMILES string of the molecule is CCCCCCCCCCCCCC/C=C/CC/C=C/C(O)C(COP(=O)(O)OCCN)NC(=O)CC(O)CCCCCCCCCCCCCCCCCCCCCCC. The van der Waals surface area contributed by atoms with Crippen molar-refractivity contribution in [2.75, 3.05) is 19.8 Å². The molecule has 0 saturated heterocycles. The van der Waals surface area contributed by atoms with Crippen LogP contribution < -0.4 is 11.1 Å². The fourth-order valence-corrected chi connectivity index (χ4v) is 8.66. The minimum Gasteiger partial charge on any atom is -0.393 e. The van der Waals surface area contributed by atoms with E-state index in [9.17, 15) is 24.5 Å². The van der Waals surface area contributed by atoms with Crippen LogP contribution in [-0.2, 0) is 18.4 Å². The number of aliphatic hydroxyl groups is 2. The molecule has 0 aliphatic heterocycles. The number of nitrogens with one attached hydrogen (secondary N) is 1. The minimum atomic E-state index is -4.41. The summed E-state index contributed by atoms with van der Waals surface area (Å²) in [6.45, 7) is 3.99. The molecule has 0 aromatic carbocycles. The summed E-state index contributed by atoms with van der Waals surface area (Å²) in [6.07, 6.45) is 52.8. The summed E-state index contributed by atoms with van der Waals surface area (Å²) in [7, 11) is -4.41. The molecule has 0 aromatic rings. The minimum absolute atomic E-state index is 0.0463. The molecule has 0 aliphatic carbocycles. The van der Waals surface area contributed by atoms with Gasteiger partial charge in [-0.25, -0.2) is 4.57 Å². The average Bonchev–Trinajstić information content (AvgIpc) is 3.24. The number of phosphoric acid groups is 1. The Morgan fingerprint density at radius 2 is 0.934 bits per heavy atom. The maximum absolute atomic E-state index is 12.9. The van der Waals surface area contributed by atoms with Gasteiger partial charge in [0.1, 0.15) is 0 Å². The van der Waals surface area contributed by atoms with Crippen LogP contribution in [0.1, 0.15) is 258 Å². The van der Waals surface area contributed by atoms with Crippen molar-refractivity contribution in [2.24, 2.45) is 5.73 Å². The summed E-state index contributed by atoms with van der Waals surface area (Å²) in [6, 6.07) is -0.997. The number of aliphatic hydroxyl groups excluding tert-OH is 2. The lowest BCUT2D eigenvalue weighted by molar-refractivity contribution is -0.124. The first-order chi connectivity index (χ1) is 29.8. The maximum Gasteiger partial charge on any atom is 0.472 e.